The van der Waals surface area contributed by atoms with Gasteiger partial charge in [-0.05, 0) is 24.3 Å². The van der Waals surface area contributed by atoms with Crippen LogP contribution in [0.4, 0.5) is 19.0 Å². The molecule has 2 rings (SSSR count). The molecule has 0 aliphatic rings. The average Bonchev–Trinajstić information content (AvgIpc) is 2.47. The highest BCUT2D eigenvalue weighted by Crippen LogP contribution is 2.26. The number of anilines is 1. The molecule has 2 N–H and O–H groups in total. The van der Waals surface area contributed by atoms with Crippen LogP contribution in [-0.4, -0.2) is 23.4 Å². The lowest BCUT2D eigenvalue weighted by atomic mass is 10.3. The fourth-order valence-corrected chi connectivity index (χ4v) is 1.22. The summed E-state index contributed by atoms with van der Waals surface area (Å²) < 4.78 is 40.5. The molecular formula is C13H12F3N3O2. The molecule has 0 aliphatic heterocycles. The second-order valence-corrected chi connectivity index (χ2v) is 3.68. The van der Waals surface area contributed by atoms with Gasteiger partial charge in [0.1, 0.15) is 5.69 Å². The van der Waals surface area contributed by atoms with Crippen LogP contribution in [-0.2, 0) is 6.18 Å². The fraction of sp³-hybridized carbons (Fsp3) is 0.154. The van der Waals surface area contributed by atoms with E-state index in [2.05, 4.69) is 9.97 Å². The largest absolute Gasteiger partial charge is 0.493 e. The number of carbonyl (C=O) groups excluding carboxylic acids is 1. The van der Waals surface area contributed by atoms with Gasteiger partial charge in [-0.25, -0.2) is 4.98 Å². The number of nitrogen functional groups attached to an aromatic ring is 1. The molecule has 8 heteroatoms. The Morgan fingerprint density at radius 3 is 2.33 bits per heavy atom. The average molecular weight is 299 g/mol. The topological polar surface area (TPSA) is 78.1 Å². The molecule has 2 heterocycles. The number of ether oxygens (including phenoxy) is 1. The fourth-order valence-electron chi connectivity index (χ4n) is 1.22. The van der Waals surface area contributed by atoms with Gasteiger partial charge in [0, 0.05) is 18.0 Å². The minimum atomic E-state index is -4.44. The van der Waals surface area contributed by atoms with Crippen LogP contribution in [0.15, 0.2) is 36.7 Å². The maximum absolute atomic E-state index is 11.9. The minimum Gasteiger partial charge on any atom is -0.493 e. The first-order valence-electron chi connectivity index (χ1n) is 5.61. The summed E-state index contributed by atoms with van der Waals surface area (Å²) in [4.78, 5) is 16.9. The third kappa shape index (κ3) is 5.09. The van der Waals surface area contributed by atoms with Crippen molar-refractivity contribution in [3.05, 3.63) is 47.9 Å². The Kier molecular flexibility index (Phi) is 5.65. The van der Waals surface area contributed by atoms with Gasteiger partial charge in [0.05, 0.1) is 7.11 Å². The van der Waals surface area contributed by atoms with Crippen molar-refractivity contribution in [3.8, 4) is 5.75 Å². The third-order valence-corrected chi connectivity index (χ3v) is 2.23. The lowest BCUT2D eigenvalue weighted by Gasteiger charge is -2.03. The second-order valence-electron chi connectivity index (χ2n) is 3.68. The summed E-state index contributed by atoms with van der Waals surface area (Å²) in [6.45, 7) is 0. The van der Waals surface area contributed by atoms with E-state index in [1.54, 1.807) is 25.4 Å². The molecule has 112 valence electrons. The lowest BCUT2D eigenvalue weighted by molar-refractivity contribution is -0.141. The second kappa shape index (κ2) is 7.22. The molecule has 0 atom stereocenters. The Labute approximate surface area is 118 Å². The Bertz CT molecular complexity index is 586. The number of nitrogens with two attached hydrogens (primary N) is 1. The molecular weight excluding hydrogens is 287 g/mol. The van der Waals surface area contributed by atoms with E-state index in [0.717, 1.165) is 18.3 Å². The van der Waals surface area contributed by atoms with Gasteiger partial charge in [0.2, 0.25) is 0 Å². The van der Waals surface area contributed by atoms with E-state index < -0.39 is 11.9 Å². The van der Waals surface area contributed by atoms with Crippen molar-refractivity contribution in [2.45, 2.75) is 6.18 Å². The van der Waals surface area contributed by atoms with E-state index in [4.69, 9.17) is 10.5 Å². The van der Waals surface area contributed by atoms with Crippen LogP contribution in [0.25, 0.3) is 0 Å². The summed E-state index contributed by atoms with van der Waals surface area (Å²) in [6, 6.07) is 5.38. The van der Waals surface area contributed by atoms with E-state index in [1.807, 2.05) is 0 Å². The lowest BCUT2D eigenvalue weighted by Crippen LogP contribution is -2.07. The SMILES string of the molecule is COc1cccnc1N.O=Cc1ccc(C(F)(F)F)nc1. The number of halogens is 3. The third-order valence-electron chi connectivity index (χ3n) is 2.23. The summed E-state index contributed by atoms with van der Waals surface area (Å²) in [5.41, 5.74) is 4.53. The molecule has 0 fully saturated rings. The van der Waals surface area contributed by atoms with Crippen molar-refractivity contribution in [3.63, 3.8) is 0 Å². The highest BCUT2D eigenvalue weighted by Gasteiger charge is 2.31. The zero-order valence-electron chi connectivity index (χ0n) is 11.0. The van der Waals surface area contributed by atoms with E-state index in [1.165, 1.54) is 0 Å². The molecule has 0 bridgehead atoms. The van der Waals surface area contributed by atoms with Crippen LogP contribution in [0.2, 0.25) is 0 Å². The molecule has 0 spiro atoms. The summed E-state index contributed by atoms with van der Waals surface area (Å²) in [5, 5.41) is 0. The van der Waals surface area contributed by atoms with Crippen LogP contribution in [0.3, 0.4) is 0 Å². The standard InChI is InChI=1S/C7H4F3NO.C6H8N2O/c8-7(9,10)6-2-1-5(4-12)3-11-6;1-9-5-3-2-4-8-6(5)7/h1-4H;2-4H,1H3,(H2,7,8). The number of alkyl halides is 3. The summed E-state index contributed by atoms with van der Waals surface area (Å²) >= 11 is 0. The van der Waals surface area contributed by atoms with Crippen LogP contribution in [0.1, 0.15) is 16.1 Å². The Balaban J connectivity index is 0.000000219. The van der Waals surface area contributed by atoms with Gasteiger partial charge in [0.25, 0.3) is 0 Å². The number of nitrogens with zero attached hydrogens (tertiary/aromatic N) is 2. The van der Waals surface area contributed by atoms with E-state index in [9.17, 15) is 18.0 Å². The number of hydrogen-bond acceptors (Lipinski definition) is 5. The molecule has 0 aromatic carbocycles. The number of carbonyl (C=O) groups is 1. The first-order valence-corrected chi connectivity index (χ1v) is 5.61. The highest BCUT2D eigenvalue weighted by molar-refractivity contribution is 5.73. The highest BCUT2D eigenvalue weighted by atomic mass is 19.4. The van der Waals surface area contributed by atoms with Crippen molar-refractivity contribution in [1.82, 2.24) is 9.97 Å². The van der Waals surface area contributed by atoms with Crippen molar-refractivity contribution in [1.29, 1.82) is 0 Å². The number of rotatable bonds is 2. The molecule has 0 saturated carbocycles. The summed E-state index contributed by atoms with van der Waals surface area (Å²) in [6.07, 6.45) is -1.50. The first kappa shape index (κ1) is 16.4. The van der Waals surface area contributed by atoms with Crippen molar-refractivity contribution in [2.24, 2.45) is 0 Å². The maximum atomic E-state index is 11.9. The molecule has 21 heavy (non-hydrogen) atoms. The van der Waals surface area contributed by atoms with Crippen LogP contribution in [0, 0.1) is 0 Å². The smallest absolute Gasteiger partial charge is 0.433 e. The van der Waals surface area contributed by atoms with Crippen LogP contribution in [0.5, 0.6) is 5.75 Å². The van der Waals surface area contributed by atoms with Gasteiger partial charge in [-0.2, -0.15) is 13.2 Å². The Hall–Kier alpha value is -2.64. The van der Waals surface area contributed by atoms with E-state index in [0.29, 0.717) is 17.9 Å². The number of methoxy groups -OCH3 is 1. The number of aldehydes is 1. The van der Waals surface area contributed by atoms with Gasteiger partial charge in [-0.1, -0.05) is 0 Å². The van der Waals surface area contributed by atoms with Gasteiger partial charge in [-0.3, -0.25) is 9.78 Å². The molecule has 0 aliphatic carbocycles. The monoisotopic (exact) mass is 299 g/mol. The Morgan fingerprint density at radius 2 is 1.95 bits per heavy atom. The predicted molar refractivity (Wildman–Crippen MR) is 69.8 cm³/mol. The number of aromatic nitrogens is 2. The van der Waals surface area contributed by atoms with Crippen molar-refractivity contribution >= 4 is 12.1 Å². The molecule has 0 unspecified atom stereocenters. The quantitative estimate of drug-likeness (QED) is 0.862. The van der Waals surface area contributed by atoms with E-state index in [-0.39, 0.29) is 5.56 Å². The molecule has 5 nitrogen and oxygen atoms in total. The van der Waals surface area contributed by atoms with Gasteiger partial charge in [-0.15, -0.1) is 0 Å². The van der Waals surface area contributed by atoms with Crippen LogP contribution >= 0.6 is 0 Å². The Morgan fingerprint density at radius 1 is 1.24 bits per heavy atom. The molecule has 2 aromatic rings. The van der Waals surface area contributed by atoms with Crippen LogP contribution < -0.4 is 10.5 Å². The van der Waals surface area contributed by atoms with Crippen molar-refractivity contribution < 1.29 is 22.7 Å². The molecule has 0 radical (unpaired) electrons. The summed E-state index contributed by atoms with van der Waals surface area (Å²) in [5.74, 6) is 1.05. The minimum absolute atomic E-state index is 0.128. The normalized spacial score (nSPS) is 10.3. The number of pyridine rings is 2. The van der Waals surface area contributed by atoms with Gasteiger partial charge in [0.15, 0.2) is 17.9 Å². The predicted octanol–water partition coefficient (Wildman–Crippen LogP) is 2.59. The molecule has 0 saturated heterocycles. The summed E-state index contributed by atoms with van der Waals surface area (Å²) in [7, 11) is 1.56. The first-order chi connectivity index (χ1) is 9.88. The molecule has 2 aromatic heterocycles. The van der Waals surface area contributed by atoms with E-state index >= 15 is 0 Å². The zero-order chi connectivity index (χ0) is 15.9. The van der Waals surface area contributed by atoms with Crippen molar-refractivity contribution in [2.75, 3.05) is 12.8 Å². The number of hydrogen-bond donors (Lipinski definition) is 1. The van der Waals surface area contributed by atoms with Gasteiger partial charge < -0.3 is 10.5 Å². The van der Waals surface area contributed by atoms with Gasteiger partial charge >= 0.3 is 6.18 Å². The maximum Gasteiger partial charge on any atom is 0.433 e. The zero-order valence-corrected chi connectivity index (χ0v) is 11.0. The molecule has 0 amide bonds.